The van der Waals surface area contributed by atoms with Gasteiger partial charge in [-0.3, -0.25) is 0 Å². The topological polar surface area (TPSA) is 37.0 Å². The SMILES string of the molecule is CC1CNc2cccnc2NC1. The second-order valence-electron chi connectivity index (χ2n) is 3.27. The predicted octanol–water partition coefficient (Wildman–Crippen LogP) is 1.56. The third-order valence-electron chi connectivity index (χ3n) is 2.07. The van der Waals surface area contributed by atoms with Crippen LogP contribution in [0.5, 0.6) is 0 Å². The number of rotatable bonds is 0. The number of nitrogens with one attached hydrogen (secondary N) is 2. The van der Waals surface area contributed by atoms with E-state index in [9.17, 15) is 0 Å². The summed E-state index contributed by atoms with van der Waals surface area (Å²) in [5.41, 5.74) is 1.11. The van der Waals surface area contributed by atoms with E-state index in [0.29, 0.717) is 5.92 Å². The van der Waals surface area contributed by atoms with Crippen LogP contribution in [-0.4, -0.2) is 18.1 Å². The molecule has 0 amide bonds. The molecule has 0 aliphatic carbocycles. The predicted molar refractivity (Wildman–Crippen MR) is 50.4 cm³/mol. The summed E-state index contributed by atoms with van der Waals surface area (Å²) in [5, 5.41) is 6.65. The molecule has 0 aromatic carbocycles. The fourth-order valence-corrected chi connectivity index (χ4v) is 1.32. The number of pyridine rings is 1. The first-order chi connectivity index (χ1) is 5.86. The van der Waals surface area contributed by atoms with Gasteiger partial charge < -0.3 is 10.6 Å². The lowest BCUT2D eigenvalue weighted by molar-refractivity contribution is 0.656. The van der Waals surface area contributed by atoms with Crippen LogP contribution < -0.4 is 10.6 Å². The summed E-state index contributed by atoms with van der Waals surface area (Å²) in [4.78, 5) is 4.24. The summed E-state index contributed by atoms with van der Waals surface area (Å²) in [5.74, 6) is 1.63. The van der Waals surface area contributed by atoms with E-state index in [1.54, 1.807) is 0 Å². The van der Waals surface area contributed by atoms with Gasteiger partial charge in [0.25, 0.3) is 0 Å². The van der Waals surface area contributed by atoms with Gasteiger partial charge >= 0.3 is 0 Å². The van der Waals surface area contributed by atoms with Gasteiger partial charge in [0.2, 0.25) is 0 Å². The Balaban J connectivity index is 2.26. The number of aromatic nitrogens is 1. The third-order valence-corrected chi connectivity index (χ3v) is 2.07. The second-order valence-corrected chi connectivity index (χ2v) is 3.27. The molecule has 2 heterocycles. The Morgan fingerprint density at radius 2 is 2.25 bits per heavy atom. The van der Waals surface area contributed by atoms with Crippen molar-refractivity contribution in [1.29, 1.82) is 0 Å². The van der Waals surface area contributed by atoms with Crippen molar-refractivity contribution < 1.29 is 0 Å². The fourth-order valence-electron chi connectivity index (χ4n) is 1.32. The zero-order chi connectivity index (χ0) is 8.39. The molecule has 2 rings (SSSR count). The number of fused-ring (bicyclic) bond motifs is 1. The molecule has 0 saturated heterocycles. The van der Waals surface area contributed by atoms with Crippen molar-refractivity contribution in [3.63, 3.8) is 0 Å². The van der Waals surface area contributed by atoms with Gasteiger partial charge in [-0.25, -0.2) is 4.98 Å². The number of hydrogen-bond acceptors (Lipinski definition) is 3. The van der Waals surface area contributed by atoms with Crippen molar-refractivity contribution in [2.75, 3.05) is 23.7 Å². The molecule has 0 spiro atoms. The van der Waals surface area contributed by atoms with Gasteiger partial charge in [-0.1, -0.05) is 6.92 Å². The molecule has 0 radical (unpaired) electrons. The molecule has 0 saturated carbocycles. The molecule has 0 fully saturated rings. The Labute approximate surface area is 72.2 Å². The van der Waals surface area contributed by atoms with Crippen LogP contribution in [0.3, 0.4) is 0 Å². The van der Waals surface area contributed by atoms with E-state index in [1.807, 2.05) is 18.3 Å². The van der Waals surface area contributed by atoms with E-state index in [-0.39, 0.29) is 0 Å². The average Bonchev–Trinajstić information content (AvgIpc) is 2.29. The Kier molecular flexibility index (Phi) is 1.86. The van der Waals surface area contributed by atoms with Gasteiger partial charge in [-0.15, -0.1) is 0 Å². The highest BCUT2D eigenvalue weighted by Crippen LogP contribution is 2.20. The molecule has 2 N–H and O–H groups in total. The molecule has 1 aliphatic heterocycles. The molecule has 1 aromatic rings. The summed E-state index contributed by atoms with van der Waals surface area (Å²) in [7, 11) is 0. The molecule has 3 nitrogen and oxygen atoms in total. The fraction of sp³-hybridized carbons (Fsp3) is 0.444. The Morgan fingerprint density at radius 3 is 3.17 bits per heavy atom. The van der Waals surface area contributed by atoms with Gasteiger partial charge in [0.1, 0.15) is 5.82 Å². The van der Waals surface area contributed by atoms with Gasteiger partial charge in [-0.2, -0.15) is 0 Å². The van der Waals surface area contributed by atoms with Crippen LogP contribution in [0.25, 0.3) is 0 Å². The van der Waals surface area contributed by atoms with Crippen LogP contribution in [0.1, 0.15) is 6.92 Å². The van der Waals surface area contributed by atoms with Crippen LogP contribution in [-0.2, 0) is 0 Å². The van der Waals surface area contributed by atoms with Gasteiger partial charge in [-0.05, 0) is 18.1 Å². The van der Waals surface area contributed by atoms with Crippen molar-refractivity contribution in [2.45, 2.75) is 6.92 Å². The maximum atomic E-state index is 4.24. The van der Waals surface area contributed by atoms with Crippen molar-refractivity contribution in [1.82, 2.24) is 4.98 Å². The minimum atomic E-state index is 0.652. The lowest BCUT2D eigenvalue weighted by Crippen LogP contribution is -2.14. The zero-order valence-corrected chi connectivity index (χ0v) is 7.17. The summed E-state index contributed by atoms with van der Waals surface area (Å²) < 4.78 is 0. The molecule has 12 heavy (non-hydrogen) atoms. The minimum absolute atomic E-state index is 0.652. The van der Waals surface area contributed by atoms with Crippen LogP contribution in [0.2, 0.25) is 0 Å². The molecular weight excluding hydrogens is 150 g/mol. The van der Waals surface area contributed by atoms with E-state index in [2.05, 4.69) is 22.5 Å². The molecule has 1 aliphatic rings. The third kappa shape index (κ3) is 1.35. The molecule has 1 atom stereocenters. The maximum absolute atomic E-state index is 4.24. The van der Waals surface area contributed by atoms with Crippen LogP contribution >= 0.6 is 0 Å². The van der Waals surface area contributed by atoms with Crippen LogP contribution in [0.4, 0.5) is 11.5 Å². The first-order valence-electron chi connectivity index (χ1n) is 4.29. The normalized spacial score (nSPS) is 21.6. The van der Waals surface area contributed by atoms with E-state index in [0.717, 1.165) is 24.6 Å². The molecule has 3 heteroatoms. The molecule has 64 valence electrons. The molecule has 1 aromatic heterocycles. The van der Waals surface area contributed by atoms with Crippen molar-refractivity contribution in [3.05, 3.63) is 18.3 Å². The van der Waals surface area contributed by atoms with Gasteiger partial charge in [0.15, 0.2) is 0 Å². The number of anilines is 2. The van der Waals surface area contributed by atoms with Crippen LogP contribution in [0, 0.1) is 5.92 Å². The summed E-state index contributed by atoms with van der Waals surface area (Å²) >= 11 is 0. The molecule has 1 unspecified atom stereocenters. The zero-order valence-electron chi connectivity index (χ0n) is 7.17. The van der Waals surface area contributed by atoms with E-state index >= 15 is 0 Å². The first-order valence-corrected chi connectivity index (χ1v) is 4.29. The van der Waals surface area contributed by atoms with Crippen molar-refractivity contribution >= 4 is 11.5 Å². The Hall–Kier alpha value is -1.25. The smallest absolute Gasteiger partial charge is 0.149 e. The number of nitrogens with zero attached hydrogens (tertiary/aromatic N) is 1. The van der Waals surface area contributed by atoms with Crippen molar-refractivity contribution in [3.8, 4) is 0 Å². The number of hydrogen-bond donors (Lipinski definition) is 2. The van der Waals surface area contributed by atoms with Gasteiger partial charge in [0, 0.05) is 19.3 Å². The lowest BCUT2D eigenvalue weighted by atomic mass is 10.2. The Bertz CT molecular complexity index is 245. The average molecular weight is 163 g/mol. The van der Waals surface area contributed by atoms with E-state index < -0.39 is 0 Å². The van der Waals surface area contributed by atoms with Crippen molar-refractivity contribution in [2.24, 2.45) is 5.92 Å². The summed E-state index contributed by atoms with van der Waals surface area (Å²) in [6.45, 7) is 4.23. The second kappa shape index (κ2) is 3.01. The van der Waals surface area contributed by atoms with E-state index in [4.69, 9.17) is 0 Å². The van der Waals surface area contributed by atoms with Gasteiger partial charge in [0.05, 0.1) is 5.69 Å². The Morgan fingerprint density at radius 1 is 1.42 bits per heavy atom. The maximum Gasteiger partial charge on any atom is 0.149 e. The highest BCUT2D eigenvalue weighted by atomic mass is 15.1. The largest absolute Gasteiger partial charge is 0.382 e. The molecule has 0 bridgehead atoms. The summed E-state index contributed by atoms with van der Waals surface area (Å²) in [6.07, 6.45) is 1.81. The van der Waals surface area contributed by atoms with E-state index in [1.165, 1.54) is 0 Å². The molecular formula is C9H13N3. The highest BCUT2D eigenvalue weighted by molar-refractivity contribution is 5.64. The summed E-state index contributed by atoms with van der Waals surface area (Å²) in [6, 6.07) is 4.00. The standard InChI is InChI=1S/C9H13N3/c1-7-5-11-8-3-2-4-10-9(8)12-6-7/h2-4,7,11H,5-6H2,1H3,(H,10,12). The quantitative estimate of drug-likeness (QED) is 0.609. The highest BCUT2D eigenvalue weighted by Gasteiger charge is 2.10. The monoisotopic (exact) mass is 163 g/mol. The van der Waals surface area contributed by atoms with Crippen LogP contribution in [0.15, 0.2) is 18.3 Å². The lowest BCUT2D eigenvalue weighted by Gasteiger charge is -2.05. The first kappa shape index (κ1) is 7.40. The minimum Gasteiger partial charge on any atom is -0.382 e.